The molecule has 0 spiro atoms. The number of carbonyl (C=O) groups is 3. The third-order valence-electron chi connectivity index (χ3n) is 4.54. The van der Waals surface area contributed by atoms with Crippen LogP contribution in [0, 0.1) is 0 Å². The molecule has 0 aromatic carbocycles. The highest BCUT2D eigenvalue weighted by Crippen LogP contribution is 2.27. The molecule has 1 aliphatic carbocycles. The van der Waals surface area contributed by atoms with Crippen LogP contribution in [0.4, 0.5) is 4.79 Å². The molecule has 0 unspecified atom stereocenters. The number of hydrogen-bond donors (Lipinski definition) is 3. The van der Waals surface area contributed by atoms with E-state index < -0.39 is 30.3 Å². The SMILES string of the molecule is CCOC(=O)NC(N)=N[C@H]1CC(C(=O)OCC)=C[C@@H](OC(CC)CC)[C@@H]1NC(C)=O. The zero-order chi connectivity index (χ0) is 22.7. The van der Waals surface area contributed by atoms with E-state index in [9.17, 15) is 14.4 Å². The number of ether oxygens (including phenoxy) is 3. The molecule has 0 saturated carbocycles. The Balaban J connectivity index is 3.26. The number of esters is 1. The minimum atomic E-state index is -0.739. The number of nitrogens with two attached hydrogens (primary N) is 1. The molecule has 0 aromatic heterocycles. The quantitative estimate of drug-likeness (QED) is 0.287. The lowest BCUT2D eigenvalue weighted by Crippen LogP contribution is -2.54. The highest BCUT2D eigenvalue weighted by atomic mass is 16.5. The Hall–Kier alpha value is -2.62. The van der Waals surface area contributed by atoms with Gasteiger partial charge in [-0.15, -0.1) is 0 Å². The van der Waals surface area contributed by atoms with E-state index in [2.05, 4.69) is 15.6 Å². The van der Waals surface area contributed by atoms with Gasteiger partial charge in [0.05, 0.1) is 37.5 Å². The van der Waals surface area contributed by atoms with Gasteiger partial charge >= 0.3 is 12.1 Å². The summed E-state index contributed by atoms with van der Waals surface area (Å²) in [4.78, 5) is 40.2. The van der Waals surface area contributed by atoms with Gasteiger partial charge in [0.2, 0.25) is 5.91 Å². The number of amides is 2. The van der Waals surface area contributed by atoms with Crippen molar-refractivity contribution in [3.63, 3.8) is 0 Å². The van der Waals surface area contributed by atoms with Gasteiger partial charge < -0.3 is 25.3 Å². The van der Waals surface area contributed by atoms with Crippen LogP contribution in [0.1, 0.15) is 53.9 Å². The minimum Gasteiger partial charge on any atom is -0.463 e. The molecule has 2 amide bonds. The molecule has 0 bridgehead atoms. The van der Waals surface area contributed by atoms with Crippen molar-refractivity contribution in [1.82, 2.24) is 10.6 Å². The van der Waals surface area contributed by atoms with Crippen LogP contribution in [0.5, 0.6) is 0 Å². The molecule has 4 N–H and O–H groups in total. The largest absolute Gasteiger partial charge is 0.463 e. The molecular formula is C20H34N4O6. The van der Waals surface area contributed by atoms with E-state index in [0.717, 1.165) is 12.8 Å². The molecule has 0 radical (unpaired) electrons. The first-order valence-electron chi connectivity index (χ1n) is 10.3. The van der Waals surface area contributed by atoms with Crippen LogP contribution in [0.3, 0.4) is 0 Å². The Morgan fingerprint density at radius 1 is 1.17 bits per heavy atom. The number of hydrogen-bond acceptors (Lipinski definition) is 7. The van der Waals surface area contributed by atoms with Gasteiger partial charge in [0, 0.05) is 18.9 Å². The van der Waals surface area contributed by atoms with E-state index in [1.165, 1.54) is 6.92 Å². The van der Waals surface area contributed by atoms with E-state index >= 15 is 0 Å². The summed E-state index contributed by atoms with van der Waals surface area (Å²) < 4.78 is 16.1. The second-order valence-electron chi connectivity index (χ2n) is 6.81. The number of aliphatic imine (C=N–C) groups is 1. The standard InChI is InChI=1S/C20H34N4O6/c1-6-14(7-2)30-16-11-13(18(26)28-8-3)10-15(17(16)22-12(5)25)23-19(21)24-20(27)29-9-4/h11,14-17H,6-10H2,1-5H3,(H,22,25)(H3,21,23,24,27)/t15-,16+,17+/m0/s1. The summed E-state index contributed by atoms with van der Waals surface area (Å²) in [6.45, 7) is 9.17. The van der Waals surface area contributed by atoms with Crippen molar-refractivity contribution in [2.75, 3.05) is 13.2 Å². The average molecular weight is 427 g/mol. The number of nitrogens with zero attached hydrogens (tertiary/aromatic N) is 1. The molecule has 1 aliphatic rings. The van der Waals surface area contributed by atoms with Crippen molar-refractivity contribution in [3.05, 3.63) is 11.6 Å². The van der Waals surface area contributed by atoms with Crippen LogP contribution < -0.4 is 16.4 Å². The first-order valence-corrected chi connectivity index (χ1v) is 10.3. The number of carbonyl (C=O) groups excluding carboxylic acids is 3. The minimum absolute atomic E-state index is 0.0660. The summed E-state index contributed by atoms with van der Waals surface area (Å²) in [5, 5.41) is 5.17. The fraction of sp³-hybridized carbons (Fsp3) is 0.700. The molecule has 0 aliphatic heterocycles. The lowest BCUT2D eigenvalue weighted by Gasteiger charge is -2.36. The molecule has 0 saturated heterocycles. The molecular weight excluding hydrogens is 392 g/mol. The van der Waals surface area contributed by atoms with Crippen molar-refractivity contribution in [3.8, 4) is 0 Å². The highest BCUT2D eigenvalue weighted by Gasteiger charge is 2.38. The van der Waals surface area contributed by atoms with Crippen LogP contribution in [-0.2, 0) is 23.8 Å². The topological polar surface area (TPSA) is 141 Å². The summed E-state index contributed by atoms with van der Waals surface area (Å²) >= 11 is 0. The number of alkyl carbamates (subject to hydrolysis) is 1. The van der Waals surface area contributed by atoms with Gasteiger partial charge in [-0.2, -0.15) is 0 Å². The predicted octanol–water partition coefficient (Wildman–Crippen LogP) is 1.39. The molecule has 10 heteroatoms. The van der Waals surface area contributed by atoms with Gasteiger partial charge in [-0.25, -0.2) is 14.6 Å². The molecule has 0 fully saturated rings. The van der Waals surface area contributed by atoms with Crippen molar-refractivity contribution >= 4 is 23.9 Å². The maximum atomic E-state index is 12.4. The van der Waals surface area contributed by atoms with E-state index in [0.29, 0.717) is 5.57 Å². The van der Waals surface area contributed by atoms with Crippen LogP contribution in [0.15, 0.2) is 16.6 Å². The maximum absolute atomic E-state index is 12.4. The average Bonchev–Trinajstić information content (AvgIpc) is 2.67. The molecule has 30 heavy (non-hydrogen) atoms. The van der Waals surface area contributed by atoms with Gasteiger partial charge in [-0.3, -0.25) is 10.1 Å². The Labute approximate surface area is 177 Å². The molecule has 3 atom stereocenters. The maximum Gasteiger partial charge on any atom is 0.413 e. The van der Waals surface area contributed by atoms with Crippen LogP contribution in [0.25, 0.3) is 0 Å². The van der Waals surface area contributed by atoms with Crippen molar-refractivity contribution in [2.24, 2.45) is 10.7 Å². The summed E-state index contributed by atoms with van der Waals surface area (Å²) in [6.07, 6.45) is 1.96. The molecule has 0 aromatic rings. The lowest BCUT2D eigenvalue weighted by molar-refractivity contribution is -0.139. The van der Waals surface area contributed by atoms with E-state index in [1.54, 1.807) is 19.9 Å². The molecule has 0 heterocycles. The second-order valence-corrected chi connectivity index (χ2v) is 6.81. The fourth-order valence-electron chi connectivity index (χ4n) is 3.17. The highest BCUT2D eigenvalue weighted by molar-refractivity contribution is 5.93. The Bertz CT molecular complexity index is 660. The number of guanidine groups is 1. The predicted molar refractivity (Wildman–Crippen MR) is 112 cm³/mol. The monoisotopic (exact) mass is 426 g/mol. The van der Waals surface area contributed by atoms with Crippen molar-refractivity contribution in [2.45, 2.75) is 78.2 Å². The first kappa shape index (κ1) is 25.4. The Kier molecular flexibility index (Phi) is 10.9. The summed E-state index contributed by atoms with van der Waals surface area (Å²) in [7, 11) is 0. The fourth-order valence-corrected chi connectivity index (χ4v) is 3.17. The zero-order valence-corrected chi connectivity index (χ0v) is 18.4. The first-order chi connectivity index (χ1) is 14.2. The normalized spacial score (nSPS) is 21.6. The zero-order valence-electron chi connectivity index (χ0n) is 18.4. The third-order valence-corrected chi connectivity index (χ3v) is 4.54. The van der Waals surface area contributed by atoms with E-state index in [-0.39, 0.29) is 37.6 Å². The molecule has 10 nitrogen and oxygen atoms in total. The van der Waals surface area contributed by atoms with Gasteiger partial charge in [-0.1, -0.05) is 13.8 Å². The van der Waals surface area contributed by atoms with Gasteiger partial charge in [-0.05, 0) is 32.8 Å². The Morgan fingerprint density at radius 2 is 1.80 bits per heavy atom. The summed E-state index contributed by atoms with van der Waals surface area (Å²) in [6, 6.07) is -1.23. The van der Waals surface area contributed by atoms with E-state index in [1.807, 2.05) is 13.8 Å². The second kappa shape index (κ2) is 12.8. The van der Waals surface area contributed by atoms with Crippen LogP contribution >= 0.6 is 0 Å². The van der Waals surface area contributed by atoms with E-state index in [4.69, 9.17) is 19.9 Å². The van der Waals surface area contributed by atoms with Crippen LogP contribution in [-0.4, -0.2) is 61.4 Å². The molecule has 1 rings (SSSR count). The summed E-state index contributed by atoms with van der Waals surface area (Å²) in [5.74, 6) is -0.933. The Morgan fingerprint density at radius 3 is 2.33 bits per heavy atom. The van der Waals surface area contributed by atoms with Crippen molar-refractivity contribution in [1.29, 1.82) is 0 Å². The van der Waals surface area contributed by atoms with Gasteiger partial charge in [0.1, 0.15) is 0 Å². The van der Waals surface area contributed by atoms with Crippen molar-refractivity contribution < 1.29 is 28.6 Å². The van der Waals surface area contributed by atoms with Crippen LogP contribution in [0.2, 0.25) is 0 Å². The number of nitrogens with one attached hydrogen (secondary N) is 2. The third kappa shape index (κ3) is 8.02. The molecule has 170 valence electrons. The number of rotatable bonds is 9. The lowest BCUT2D eigenvalue weighted by atomic mass is 9.88. The smallest absolute Gasteiger partial charge is 0.413 e. The van der Waals surface area contributed by atoms with Gasteiger partial charge in [0.15, 0.2) is 5.96 Å². The van der Waals surface area contributed by atoms with Gasteiger partial charge in [0.25, 0.3) is 0 Å². The summed E-state index contributed by atoms with van der Waals surface area (Å²) in [5.41, 5.74) is 6.24.